The lowest BCUT2D eigenvalue weighted by Gasteiger charge is -2.30. The summed E-state index contributed by atoms with van der Waals surface area (Å²) in [5.74, 6) is -0.287. The molecule has 2 saturated heterocycles. The maximum atomic E-state index is 14.7. The topological polar surface area (TPSA) is 78.8 Å². The number of ether oxygens (including phenoxy) is 1. The predicted molar refractivity (Wildman–Crippen MR) is 159 cm³/mol. The Morgan fingerprint density at radius 1 is 1.19 bits per heavy atom. The van der Waals surface area contributed by atoms with Crippen molar-refractivity contribution in [3.8, 4) is 5.75 Å². The minimum atomic E-state index is -1.09. The van der Waals surface area contributed by atoms with Gasteiger partial charge in [-0.1, -0.05) is 36.9 Å². The van der Waals surface area contributed by atoms with E-state index in [0.717, 1.165) is 5.52 Å². The molecule has 11 heteroatoms. The molecule has 2 atom stereocenters. The lowest BCUT2D eigenvalue weighted by Crippen LogP contribution is -2.47. The molecular formula is C31H34ClF2N5O3. The maximum Gasteiger partial charge on any atom is 0.415 e. The summed E-state index contributed by atoms with van der Waals surface area (Å²) in [5, 5.41) is 7.01. The number of Topliss-reactive ketones (excluding diaryl/α,β-unsaturated/α-hetero) is 1. The van der Waals surface area contributed by atoms with Crippen LogP contribution in [0.15, 0.2) is 67.1 Å². The van der Waals surface area contributed by atoms with Gasteiger partial charge in [0.1, 0.15) is 17.7 Å². The molecule has 0 bridgehead atoms. The fourth-order valence-electron chi connectivity index (χ4n) is 5.53. The molecule has 0 aliphatic carbocycles. The van der Waals surface area contributed by atoms with Crippen LogP contribution in [0.25, 0.3) is 10.9 Å². The number of alkyl halides is 1. The number of rotatable bonds is 9. The molecule has 5 rings (SSSR count). The van der Waals surface area contributed by atoms with E-state index in [1.165, 1.54) is 13.0 Å². The van der Waals surface area contributed by atoms with Crippen molar-refractivity contribution < 1.29 is 23.1 Å². The molecule has 2 aliphatic rings. The smallest absolute Gasteiger partial charge is 0.410 e. The van der Waals surface area contributed by atoms with Crippen LogP contribution in [0.1, 0.15) is 29.3 Å². The third-order valence-corrected chi connectivity index (χ3v) is 8.05. The first-order chi connectivity index (χ1) is 20.1. The highest BCUT2D eigenvalue weighted by molar-refractivity contribution is 6.30. The average Bonchev–Trinajstić information content (AvgIpc) is 3.54. The number of piperazine rings is 1. The second kappa shape index (κ2) is 12.5. The van der Waals surface area contributed by atoms with Crippen LogP contribution < -0.4 is 15.4 Å². The van der Waals surface area contributed by atoms with E-state index in [2.05, 4.69) is 23.8 Å². The molecule has 2 aromatic carbocycles. The van der Waals surface area contributed by atoms with Crippen molar-refractivity contribution in [2.45, 2.75) is 38.6 Å². The van der Waals surface area contributed by atoms with E-state index in [1.807, 2.05) is 9.47 Å². The van der Waals surface area contributed by atoms with Crippen LogP contribution >= 0.6 is 11.6 Å². The van der Waals surface area contributed by atoms with E-state index < -0.39 is 18.1 Å². The number of benzene rings is 2. The van der Waals surface area contributed by atoms with Gasteiger partial charge in [-0.3, -0.25) is 4.79 Å². The van der Waals surface area contributed by atoms with Gasteiger partial charge in [-0.05, 0) is 31.2 Å². The number of nitrogens with zero attached hydrogens (tertiary/aromatic N) is 3. The van der Waals surface area contributed by atoms with E-state index in [1.54, 1.807) is 41.4 Å². The van der Waals surface area contributed by atoms with Gasteiger partial charge in [0, 0.05) is 85.3 Å². The van der Waals surface area contributed by atoms with Crippen molar-refractivity contribution >= 4 is 34.4 Å². The third kappa shape index (κ3) is 6.29. The molecule has 0 radical (unpaired) electrons. The SMILES string of the molecule is C=C(NCc1cccc(Cl)c1F)[C@@H]1C[C@@H](F)CN1C(=C)Cn1cc(C(C)=O)c2cc(OC(=O)N3CCNCC3)ccc21. The fourth-order valence-corrected chi connectivity index (χ4v) is 5.72. The van der Waals surface area contributed by atoms with Crippen molar-refractivity contribution in [1.29, 1.82) is 0 Å². The number of nitrogens with one attached hydrogen (secondary N) is 2. The number of allylic oxidation sites excluding steroid dienone is 1. The first-order valence-electron chi connectivity index (χ1n) is 13.9. The normalized spacial score (nSPS) is 18.8. The van der Waals surface area contributed by atoms with Gasteiger partial charge < -0.3 is 29.7 Å². The van der Waals surface area contributed by atoms with Crippen LogP contribution in [0.3, 0.4) is 0 Å². The summed E-state index contributed by atoms with van der Waals surface area (Å²) >= 11 is 5.90. The standard InChI is InChI=1S/C31H34ClF2N5O3/c1-19(39-17-23(33)13-29(39)20(2)36-15-22-5-4-6-27(32)30(22)34)16-38-18-26(21(3)40)25-14-24(7-8-28(25)38)42-31(41)37-11-9-35-10-12-37/h4-8,14,18,23,29,35-36H,1-2,9-13,15-17H2,3H3/t23-,29+/m1/s1. The third-order valence-electron chi connectivity index (χ3n) is 7.76. The summed E-state index contributed by atoms with van der Waals surface area (Å²) in [6, 6.07) is 9.59. The molecule has 0 saturated carbocycles. The van der Waals surface area contributed by atoms with Crippen LogP contribution in [0, 0.1) is 5.82 Å². The van der Waals surface area contributed by atoms with Crippen molar-refractivity contribution in [3.63, 3.8) is 0 Å². The predicted octanol–water partition coefficient (Wildman–Crippen LogP) is 5.27. The molecule has 3 heterocycles. The van der Waals surface area contributed by atoms with Crippen molar-refractivity contribution in [2.24, 2.45) is 0 Å². The summed E-state index contributed by atoms with van der Waals surface area (Å²) in [5.41, 5.74) is 2.81. The van der Waals surface area contributed by atoms with Crippen molar-refractivity contribution in [2.75, 3.05) is 32.7 Å². The van der Waals surface area contributed by atoms with Gasteiger partial charge in [0.25, 0.3) is 0 Å². The van der Waals surface area contributed by atoms with Crippen LogP contribution in [-0.2, 0) is 13.1 Å². The second-order valence-electron chi connectivity index (χ2n) is 10.7. The van der Waals surface area contributed by atoms with E-state index in [4.69, 9.17) is 16.3 Å². The van der Waals surface area contributed by atoms with Gasteiger partial charge >= 0.3 is 6.09 Å². The molecule has 42 heavy (non-hydrogen) atoms. The number of hydrogen-bond acceptors (Lipinski definition) is 6. The Morgan fingerprint density at radius 3 is 2.69 bits per heavy atom. The Bertz CT molecular complexity index is 1530. The number of fused-ring (bicyclic) bond motifs is 1. The zero-order valence-corrected chi connectivity index (χ0v) is 24.2. The second-order valence-corrected chi connectivity index (χ2v) is 11.1. The zero-order valence-electron chi connectivity index (χ0n) is 23.5. The first-order valence-corrected chi connectivity index (χ1v) is 14.3. The van der Waals surface area contributed by atoms with Gasteiger partial charge in [-0.2, -0.15) is 0 Å². The number of ketones is 1. The Labute approximate surface area is 248 Å². The summed E-state index contributed by atoms with van der Waals surface area (Å²) in [7, 11) is 0. The van der Waals surface area contributed by atoms with Crippen molar-refractivity contribution in [1.82, 2.24) is 25.0 Å². The number of likely N-dealkylation sites (tertiary alicyclic amines) is 1. The highest BCUT2D eigenvalue weighted by Gasteiger charge is 2.35. The molecule has 2 fully saturated rings. The maximum absolute atomic E-state index is 14.7. The fraction of sp³-hybridized carbons (Fsp3) is 0.355. The summed E-state index contributed by atoms with van der Waals surface area (Å²) in [6.45, 7) is 13.0. The van der Waals surface area contributed by atoms with Crippen LogP contribution in [0.2, 0.25) is 5.02 Å². The molecule has 2 aliphatic heterocycles. The lowest BCUT2D eigenvalue weighted by molar-refractivity contribution is 0.101. The minimum Gasteiger partial charge on any atom is -0.410 e. The average molecular weight is 598 g/mol. The molecule has 8 nitrogen and oxygen atoms in total. The molecular weight excluding hydrogens is 564 g/mol. The molecule has 2 N–H and O–H groups in total. The van der Waals surface area contributed by atoms with Gasteiger partial charge in [0.05, 0.1) is 17.6 Å². The lowest BCUT2D eigenvalue weighted by atomic mass is 10.1. The molecule has 222 valence electrons. The number of carbonyl (C=O) groups is 2. The quantitative estimate of drug-likeness (QED) is 0.327. The monoisotopic (exact) mass is 597 g/mol. The highest BCUT2D eigenvalue weighted by Crippen LogP contribution is 2.31. The van der Waals surface area contributed by atoms with Gasteiger partial charge in [0.2, 0.25) is 0 Å². The Kier molecular flexibility index (Phi) is 8.84. The van der Waals surface area contributed by atoms with Crippen LogP contribution in [0.5, 0.6) is 5.75 Å². The van der Waals surface area contributed by atoms with Gasteiger partial charge in [-0.25, -0.2) is 13.6 Å². The number of amides is 1. The Morgan fingerprint density at radius 2 is 1.95 bits per heavy atom. The number of carbonyl (C=O) groups excluding carboxylic acids is 2. The summed E-state index contributed by atoms with van der Waals surface area (Å²) in [6.07, 6.45) is 0.444. The highest BCUT2D eigenvalue weighted by atomic mass is 35.5. The van der Waals surface area contributed by atoms with Crippen LogP contribution in [-0.4, -0.2) is 71.2 Å². The number of halogens is 3. The molecule has 1 aromatic heterocycles. The molecule has 0 spiro atoms. The van der Waals surface area contributed by atoms with Gasteiger partial charge in [0.15, 0.2) is 5.78 Å². The van der Waals surface area contributed by atoms with Crippen LogP contribution in [0.4, 0.5) is 13.6 Å². The van der Waals surface area contributed by atoms with Gasteiger partial charge in [-0.15, -0.1) is 0 Å². The molecule has 0 unspecified atom stereocenters. The van der Waals surface area contributed by atoms with E-state index in [9.17, 15) is 18.4 Å². The molecule has 1 amide bonds. The van der Waals surface area contributed by atoms with E-state index >= 15 is 0 Å². The molecule has 3 aromatic rings. The number of aromatic nitrogens is 1. The number of hydrogen-bond donors (Lipinski definition) is 2. The zero-order chi connectivity index (χ0) is 30.0. The Hall–Kier alpha value is -3.89. The minimum absolute atomic E-state index is 0.0355. The first kappa shape index (κ1) is 29.6. The summed E-state index contributed by atoms with van der Waals surface area (Å²) in [4.78, 5) is 28.6. The summed E-state index contributed by atoms with van der Waals surface area (Å²) < 4.78 is 36.5. The largest absolute Gasteiger partial charge is 0.415 e. The van der Waals surface area contributed by atoms with Crippen molar-refractivity contribution in [3.05, 3.63) is 89.1 Å². The van der Waals surface area contributed by atoms with E-state index in [0.29, 0.717) is 66.4 Å². The Balaban J connectivity index is 1.31. The van der Waals surface area contributed by atoms with E-state index in [-0.39, 0.29) is 36.4 Å².